The fraction of sp³-hybridized carbons (Fsp3) is 0.368. The van der Waals surface area contributed by atoms with Gasteiger partial charge < -0.3 is 10.3 Å². The number of benzene rings is 1. The summed E-state index contributed by atoms with van der Waals surface area (Å²) in [4.78, 5) is 15.9. The maximum Gasteiger partial charge on any atom is 0.189 e. The molecule has 0 bridgehead atoms. The topological polar surface area (TPSA) is 62.7 Å². The normalized spacial score (nSPS) is 12.7. The molecule has 2 heterocycles. The molecule has 5 nitrogen and oxygen atoms in total. The smallest absolute Gasteiger partial charge is 0.189 e. The van der Waals surface area contributed by atoms with Crippen LogP contribution in [-0.4, -0.2) is 14.8 Å². The van der Waals surface area contributed by atoms with Crippen molar-refractivity contribution in [2.24, 2.45) is 7.05 Å². The average molecular weight is 324 g/mol. The van der Waals surface area contributed by atoms with E-state index in [9.17, 15) is 4.79 Å². The summed E-state index contributed by atoms with van der Waals surface area (Å²) in [7, 11) is 1.92. The minimum Gasteiger partial charge on any atom is -0.357 e. The van der Waals surface area contributed by atoms with Crippen LogP contribution in [0.4, 0.5) is 0 Å². The van der Waals surface area contributed by atoms with E-state index in [1.165, 1.54) is 0 Å². The Hall–Kier alpha value is -2.40. The van der Waals surface area contributed by atoms with E-state index in [0.29, 0.717) is 6.54 Å². The number of aryl methyl sites for hydroxylation is 3. The second-order valence-electron chi connectivity index (χ2n) is 6.40. The molecule has 0 fully saturated rings. The molecule has 1 atom stereocenters. The van der Waals surface area contributed by atoms with Crippen LogP contribution in [0.3, 0.4) is 0 Å². The van der Waals surface area contributed by atoms with Gasteiger partial charge in [-0.15, -0.1) is 0 Å². The average Bonchev–Trinajstić information content (AvgIpc) is 2.98. The van der Waals surface area contributed by atoms with Crippen molar-refractivity contribution < 1.29 is 0 Å². The van der Waals surface area contributed by atoms with E-state index < -0.39 is 0 Å². The monoisotopic (exact) mass is 324 g/mol. The third-order valence-corrected chi connectivity index (χ3v) is 4.53. The highest BCUT2D eigenvalue weighted by Gasteiger charge is 2.12. The molecule has 0 spiro atoms. The molecule has 0 unspecified atom stereocenters. The first kappa shape index (κ1) is 16.5. The van der Waals surface area contributed by atoms with Crippen LogP contribution in [0.2, 0.25) is 0 Å². The number of aromatic amines is 1. The van der Waals surface area contributed by atoms with Crippen molar-refractivity contribution in [3.05, 3.63) is 63.2 Å². The second-order valence-corrected chi connectivity index (χ2v) is 6.40. The number of hydrogen-bond donors (Lipinski definition) is 2. The van der Waals surface area contributed by atoms with Gasteiger partial charge in [-0.3, -0.25) is 9.48 Å². The molecule has 0 amide bonds. The van der Waals surface area contributed by atoms with E-state index in [1.807, 2.05) is 44.0 Å². The Morgan fingerprint density at radius 3 is 2.71 bits per heavy atom. The number of H-pyrrole nitrogens is 1. The molecule has 3 rings (SSSR count). The van der Waals surface area contributed by atoms with Crippen LogP contribution in [0.15, 0.2) is 35.4 Å². The van der Waals surface area contributed by atoms with Gasteiger partial charge in [0.2, 0.25) is 0 Å². The summed E-state index contributed by atoms with van der Waals surface area (Å²) in [6.45, 7) is 6.76. The lowest BCUT2D eigenvalue weighted by atomic mass is 10.0. The Bertz CT molecular complexity index is 923. The molecule has 0 aliphatic heterocycles. The molecular weight excluding hydrogens is 300 g/mol. The number of nitrogens with zero attached hydrogens (tertiary/aromatic N) is 2. The molecule has 2 N–H and O–H groups in total. The SMILES string of the molecule is CC[C@H](NCc1cc(=O)c2c(C)ccc(C)c2[nH]1)c1cnn(C)c1. The van der Waals surface area contributed by atoms with Crippen molar-refractivity contribution in [1.29, 1.82) is 0 Å². The van der Waals surface area contributed by atoms with Gasteiger partial charge in [-0.05, 0) is 31.4 Å². The maximum absolute atomic E-state index is 12.5. The van der Waals surface area contributed by atoms with E-state index >= 15 is 0 Å². The van der Waals surface area contributed by atoms with Crippen molar-refractivity contribution in [1.82, 2.24) is 20.1 Å². The molecule has 0 aliphatic rings. The predicted octanol–water partition coefficient (Wildman–Crippen LogP) is 3.12. The molecule has 3 aromatic rings. The molecule has 126 valence electrons. The molecule has 0 saturated carbocycles. The number of hydrogen-bond acceptors (Lipinski definition) is 3. The summed E-state index contributed by atoms with van der Waals surface area (Å²) < 4.78 is 1.81. The van der Waals surface area contributed by atoms with Crippen LogP contribution in [0.25, 0.3) is 10.9 Å². The zero-order valence-electron chi connectivity index (χ0n) is 14.7. The van der Waals surface area contributed by atoms with E-state index in [1.54, 1.807) is 6.07 Å². The molecule has 0 aliphatic carbocycles. The first-order valence-corrected chi connectivity index (χ1v) is 8.33. The zero-order valence-corrected chi connectivity index (χ0v) is 14.7. The Kier molecular flexibility index (Phi) is 4.53. The third kappa shape index (κ3) is 3.12. The lowest BCUT2D eigenvalue weighted by Crippen LogP contribution is -2.21. The van der Waals surface area contributed by atoms with Crippen molar-refractivity contribution in [2.45, 2.75) is 39.8 Å². The van der Waals surface area contributed by atoms with Crippen molar-refractivity contribution in [2.75, 3.05) is 0 Å². The van der Waals surface area contributed by atoms with E-state index in [2.05, 4.69) is 28.4 Å². The quantitative estimate of drug-likeness (QED) is 0.758. The fourth-order valence-electron chi connectivity index (χ4n) is 3.16. The summed E-state index contributed by atoms with van der Waals surface area (Å²) in [6, 6.07) is 5.98. The van der Waals surface area contributed by atoms with Gasteiger partial charge in [-0.2, -0.15) is 5.10 Å². The predicted molar refractivity (Wildman–Crippen MR) is 97.1 cm³/mol. The highest BCUT2D eigenvalue weighted by Crippen LogP contribution is 2.19. The minimum absolute atomic E-state index is 0.0798. The maximum atomic E-state index is 12.5. The number of fused-ring (bicyclic) bond motifs is 1. The van der Waals surface area contributed by atoms with Gasteiger partial charge in [0.15, 0.2) is 5.43 Å². The van der Waals surface area contributed by atoms with Crippen molar-refractivity contribution in [3.8, 4) is 0 Å². The molecule has 5 heteroatoms. The van der Waals surface area contributed by atoms with Gasteiger partial charge in [-0.25, -0.2) is 0 Å². The lowest BCUT2D eigenvalue weighted by Gasteiger charge is -2.16. The second kappa shape index (κ2) is 6.61. The van der Waals surface area contributed by atoms with Crippen LogP contribution in [0.1, 0.15) is 41.8 Å². The third-order valence-electron chi connectivity index (χ3n) is 4.53. The van der Waals surface area contributed by atoms with Gasteiger partial charge >= 0.3 is 0 Å². The van der Waals surface area contributed by atoms with Crippen LogP contribution < -0.4 is 10.7 Å². The molecule has 0 radical (unpaired) electrons. The zero-order chi connectivity index (χ0) is 17.3. The summed E-state index contributed by atoms with van der Waals surface area (Å²) in [5.74, 6) is 0. The van der Waals surface area contributed by atoms with Crippen molar-refractivity contribution in [3.63, 3.8) is 0 Å². The Morgan fingerprint density at radius 2 is 2.04 bits per heavy atom. The van der Waals surface area contributed by atoms with E-state index in [-0.39, 0.29) is 11.5 Å². The molecule has 2 aromatic heterocycles. The number of pyridine rings is 1. The number of rotatable bonds is 5. The fourth-order valence-corrected chi connectivity index (χ4v) is 3.16. The standard InChI is InChI=1S/C19H24N4O/c1-5-16(14-9-21-23(4)11-14)20-10-15-8-17(24)18-12(2)6-7-13(3)19(18)22-15/h6-9,11,16,20H,5,10H2,1-4H3,(H,22,24)/t16-/m0/s1. The minimum atomic E-state index is 0.0798. The van der Waals surface area contributed by atoms with Crippen LogP contribution >= 0.6 is 0 Å². The number of nitrogens with one attached hydrogen (secondary N) is 2. The van der Waals surface area contributed by atoms with Gasteiger partial charge in [0.05, 0.1) is 11.7 Å². The highest BCUT2D eigenvalue weighted by molar-refractivity contribution is 5.84. The van der Waals surface area contributed by atoms with Crippen LogP contribution in [0.5, 0.6) is 0 Å². The first-order valence-electron chi connectivity index (χ1n) is 8.33. The highest BCUT2D eigenvalue weighted by atomic mass is 16.1. The van der Waals surface area contributed by atoms with Crippen LogP contribution in [-0.2, 0) is 13.6 Å². The van der Waals surface area contributed by atoms with Crippen LogP contribution in [0, 0.1) is 13.8 Å². The van der Waals surface area contributed by atoms with E-state index in [0.717, 1.165) is 39.7 Å². The van der Waals surface area contributed by atoms with Crippen molar-refractivity contribution >= 4 is 10.9 Å². The van der Waals surface area contributed by atoms with Gasteiger partial charge in [-0.1, -0.05) is 19.1 Å². The Labute approximate surface area is 141 Å². The molecule has 1 aromatic carbocycles. The van der Waals surface area contributed by atoms with Gasteiger partial charge in [0.1, 0.15) is 0 Å². The van der Waals surface area contributed by atoms with Gasteiger partial charge in [0.25, 0.3) is 0 Å². The summed E-state index contributed by atoms with van der Waals surface area (Å²) in [6.07, 6.45) is 4.87. The summed E-state index contributed by atoms with van der Waals surface area (Å²) >= 11 is 0. The van der Waals surface area contributed by atoms with E-state index in [4.69, 9.17) is 0 Å². The first-order chi connectivity index (χ1) is 11.5. The summed E-state index contributed by atoms with van der Waals surface area (Å²) in [5.41, 5.74) is 5.19. The summed E-state index contributed by atoms with van der Waals surface area (Å²) in [5, 5.41) is 8.54. The van der Waals surface area contributed by atoms with Gasteiger partial charge in [0, 0.05) is 48.5 Å². The molecule has 0 saturated heterocycles. The Balaban J connectivity index is 1.88. The Morgan fingerprint density at radius 1 is 1.29 bits per heavy atom. The number of aromatic nitrogens is 3. The largest absolute Gasteiger partial charge is 0.357 e. The molecule has 24 heavy (non-hydrogen) atoms. The lowest BCUT2D eigenvalue weighted by molar-refractivity contribution is 0.514. The molecular formula is C19H24N4O.